The maximum atomic E-state index is 11.7. The molecule has 0 aromatic carbocycles. The van der Waals surface area contributed by atoms with Crippen LogP contribution < -0.4 is 5.32 Å². The Morgan fingerprint density at radius 2 is 1.88 bits per heavy atom. The molecule has 0 aliphatic carbocycles. The number of hydrogen-bond acceptors (Lipinski definition) is 4. The fourth-order valence-corrected chi connectivity index (χ4v) is 2.28. The van der Waals surface area contributed by atoms with E-state index < -0.39 is 15.3 Å². The van der Waals surface area contributed by atoms with Crippen LogP contribution in [0.5, 0.6) is 0 Å². The summed E-state index contributed by atoms with van der Waals surface area (Å²) in [5.41, 5.74) is -4.19. The van der Waals surface area contributed by atoms with Crippen molar-refractivity contribution in [3.8, 4) is 0 Å². The standard InChI is InChI=1S/C8H16F3NO2S2/c1-2-16(13,14)7-3-4-12-5-6-15-8(9,10)11/h12H,2-7H2,1H3. The third-order valence-electron chi connectivity index (χ3n) is 1.79. The smallest absolute Gasteiger partial charge is 0.316 e. The Bertz CT molecular complexity index is 277. The highest BCUT2D eigenvalue weighted by atomic mass is 32.2. The Morgan fingerprint density at radius 3 is 2.38 bits per heavy atom. The molecule has 0 rings (SSSR count). The summed E-state index contributed by atoms with van der Waals surface area (Å²) in [5.74, 6) is 0.143. The van der Waals surface area contributed by atoms with E-state index in [1.165, 1.54) is 0 Å². The highest BCUT2D eigenvalue weighted by Crippen LogP contribution is 2.29. The molecule has 0 fully saturated rings. The molecule has 1 N–H and O–H groups in total. The van der Waals surface area contributed by atoms with Gasteiger partial charge < -0.3 is 5.32 Å². The van der Waals surface area contributed by atoms with Crippen molar-refractivity contribution in [1.82, 2.24) is 5.32 Å². The summed E-state index contributed by atoms with van der Waals surface area (Å²) < 4.78 is 57.1. The zero-order valence-corrected chi connectivity index (χ0v) is 10.6. The lowest BCUT2D eigenvalue weighted by molar-refractivity contribution is -0.0327. The van der Waals surface area contributed by atoms with Gasteiger partial charge in [-0.2, -0.15) is 13.2 Å². The van der Waals surface area contributed by atoms with E-state index in [9.17, 15) is 21.6 Å². The normalized spacial score (nSPS) is 13.0. The lowest BCUT2D eigenvalue weighted by atomic mass is 10.5. The molecule has 3 nitrogen and oxygen atoms in total. The molecule has 0 aromatic heterocycles. The molecule has 0 aliphatic heterocycles. The molecular weight excluding hydrogens is 263 g/mol. The lowest BCUT2D eigenvalue weighted by Crippen LogP contribution is -2.22. The lowest BCUT2D eigenvalue weighted by Gasteiger charge is -2.06. The molecule has 16 heavy (non-hydrogen) atoms. The highest BCUT2D eigenvalue weighted by molar-refractivity contribution is 8.00. The van der Waals surface area contributed by atoms with Crippen molar-refractivity contribution in [2.75, 3.05) is 30.3 Å². The minimum absolute atomic E-state index is 0.0516. The van der Waals surface area contributed by atoms with Crippen molar-refractivity contribution in [3.05, 3.63) is 0 Å². The molecule has 0 bridgehead atoms. The maximum Gasteiger partial charge on any atom is 0.441 e. The maximum absolute atomic E-state index is 11.7. The van der Waals surface area contributed by atoms with Gasteiger partial charge in [0.25, 0.3) is 0 Å². The number of sulfone groups is 1. The number of thioether (sulfide) groups is 1. The summed E-state index contributed by atoms with van der Waals surface area (Å²) in [7, 11) is -2.96. The van der Waals surface area contributed by atoms with E-state index in [0.29, 0.717) is 13.0 Å². The molecule has 0 aliphatic rings. The van der Waals surface area contributed by atoms with Gasteiger partial charge in [0.2, 0.25) is 0 Å². The number of nitrogens with one attached hydrogen (secondary N) is 1. The molecule has 0 amide bonds. The van der Waals surface area contributed by atoms with Crippen LogP contribution in [0.25, 0.3) is 0 Å². The zero-order chi connectivity index (χ0) is 12.7. The van der Waals surface area contributed by atoms with E-state index in [0.717, 1.165) is 0 Å². The molecule has 0 atom stereocenters. The first-order valence-electron chi connectivity index (χ1n) is 4.88. The summed E-state index contributed by atoms with van der Waals surface area (Å²) in [6, 6.07) is 0. The van der Waals surface area contributed by atoms with Crippen LogP contribution in [0.3, 0.4) is 0 Å². The molecule has 0 aromatic rings. The van der Waals surface area contributed by atoms with Gasteiger partial charge in [0.1, 0.15) is 9.84 Å². The average molecular weight is 279 g/mol. The van der Waals surface area contributed by atoms with Gasteiger partial charge >= 0.3 is 5.51 Å². The molecule has 0 radical (unpaired) electrons. The van der Waals surface area contributed by atoms with Crippen LogP contribution in [0.15, 0.2) is 0 Å². The van der Waals surface area contributed by atoms with Crippen LogP contribution in [0.2, 0.25) is 0 Å². The minimum atomic E-state index is -4.19. The van der Waals surface area contributed by atoms with Crippen LogP contribution >= 0.6 is 11.8 Å². The van der Waals surface area contributed by atoms with Crippen molar-refractivity contribution in [2.45, 2.75) is 18.9 Å². The second kappa shape index (κ2) is 7.39. The van der Waals surface area contributed by atoms with Crippen LogP contribution in [0, 0.1) is 0 Å². The first kappa shape index (κ1) is 16.1. The molecule has 0 heterocycles. The first-order chi connectivity index (χ1) is 7.27. The number of rotatable bonds is 8. The first-order valence-corrected chi connectivity index (χ1v) is 7.69. The van der Waals surface area contributed by atoms with Gasteiger partial charge in [0.15, 0.2) is 0 Å². The van der Waals surface area contributed by atoms with Crippen LogP contribution in [0.4, 0.5) is 13.2 Å². The molecule has 0 unspecified atom stereocenters. The molecule has 0 saturated carbocycles. The number of alkyl halides is 3. The molecule has 98 valence electrons. The Hall–Kier alpha value is 0.0500. The van der Waals surface area contributed by atoms with E-state index in [1.54, 1.807) is 6.92 Å². The van der Waals surface area contributed by atoms with Gasteiger partial charge in [-0.3, -0.25) is 0 Å². The van der Waals surface area contributed by atoms with Crippen LogP contribution in [-0.4, -0.2) is 44.3 Å². The second-order valence-corrected chi connectivity index (χ2v) is 6.77. The van der Waals surface area contributed by atoms with Crippen molar-refractivity contribution in [2.24, 2.45) is 0 Å². The summed E-state index contributed by atoms with van der Waals surface area (Å²) in [4.78, 5) is 0. The number of hydrogen-bond donors (Lipinski definition) is 1. The summed E-state index contributed by atoms with van der Waals surface area (Å²) in [6.07, 6.45) is 0.437. The third kappa shape index (κ3) is 10.6. The Morgan fingerprint density at radius 1 is 1.25 bits per heavy atom. The van der Waals surface area contributed by atoms with E-state index in [4.69, 9.17) is 0 Å². The van der Waals surface area contributed by atoms with Gasteiger partial charge in [0.05, 0.1) is 5.75 Å². The molecule has 0 spiro atoms. The Balaban J connectivity index is 3.36. The number of halogens is 3. The zero-order valence-electron chi connectivity index (χ0n) is 9.01. The van der Waals surface area contributed by atoms with Gasteiger partial charge in [-0.1, -0.05) is 6.92 Å². The monoisotopic (exact) mass is 279 g/mol. The molecule has 0 saturated heterocycles. The van der Waals surface area contributed by atoms with Crippen molar-refractivity contribution < 1.29 is 21.6 Å². The van der Waals surface area contributed by atoms with E-state index in [-0.39, 0.29) is 35.6 Å². The topological polar surface area (TPSA) is 46.2 Å². The van der Waals surface area contributed by atoms with Gasteiger partial charge in [0, 0.05) is 18.1 Å². The fourth-order valence-electron chi connectivity index (χ4n) is 0.925. The third-order valence-corrected chi connectivity index (χ3v) is 4.32. The fraction of sp³-hybridized carbons (Fsp3) is 1.00. The quantitative estimate of drug-likeness (QED) is 0.686. The Labute approximate surface area is 98.1 Å². The van der Waals surface area contributed by atoms with Crippen LogP contribution in [0.1, 0.15) is 13.3 Å². The predicted molar refractivity (Wildman–Crippen MR) is 60.3 cm³/mol. The molecular formula is C8H16F3NO2S2. The SMILES string of the molecule is CCS(=O)(=O)CCCNCCSC(F)(F)F. The van der Waals surface area contributed by atoms with Gasteiger partial charge in [-0.25, -0.2) is 8.42 Å². The summed E-state index contributed by atoms with van der Waals surface area (Å²) >= 11 is -0.0791. The van der Waals surface area contributed by atoms with Crippen molar-refractivity contribution in [1.29, 1.82) is 0 Å². The Kier molecular flexibility index (Phi) is 7.41. The summed E-state index contributed by atoms with van der Waals surface area (Å²) in [6.45, 7) is 2.23. The largest absolute Gasteiger partial charge is 0.441 e. The molecule has 8 heteroatoms. The van der Waals surface area contributed by atoms with E-state index in [2.05, 4.69) is 5.32 Å². The van der Waals surface area contributed by atoms with Gasteiger partial charge in [-0.05, 0) is 24.7 Å². The predicted octanol–water partition coefficient (Wildman–Crippen LogP) is 1.65. The average Bonchev–Trinajstić information content (AvgIpc) is 2.14. The van der Waals surface area contributed by atoms with E-state index in [1.807, 2.05) is 0 Å². The van der Waals surface area contributed by atoms with Crippen molar-refractivity contribution >= 4 is 21.6 Å². The highest BCUT2D eigenvalue weighted by Gasteiger charge is 2.27. The van der Waals surface area contributed by atoms with E-state index >= 15 is 0 Å². The van der Waals surface area contributed by atoms with Crippen LogP contribution in [-0.2, 0) is 9.84 Å². The van der Waals surface area contributed by atoms with Crippen molar-refractivity contribution in [3.63, 3.8) is 0 Å². The van der Waals surface area contributed by atoms with Gasteiger partial charge in [-0.15, -0.1) is 0 Å². The minimum Gasteiger partial charge on any atom is -0.316 e. The second-order valence-electron chi connectivity index (χ2n) is 3.13. The summed E-state index contributed by atoms with van der Waals surface area (Å²) in [5, 5.41) is 2.77.